The summed E-state index contributed by atoms with van der Waals surface area (Å²) in [5.41, 5.74) is 2.06. The molecule has 0 spiro atoms. The number of aryl methyl sites for hydroxylation is 1. The molecule has 2 heterocycles. The summed E-state index contributed by atoms with van der Waals surface area (Å²) in [6.45, 7) is 3.73. The van der Waals surface area contributed by atoms with Gasteiger partial charge in [0.05, 0.1) is 18.8 Å². The first kappa shape index (κ1) is 11.1. The highest BCUT2D eigenvalue weighted by Crippen LogP contribution is 2.38. The van der Waals surface area contributed by atoms with Crippen LogP contribution >= 0.6 is 0 Å². The van der Waals surface area contributed by atoms with Gasteiger partial charge in [-0.2, -0.15) is 0 Å². The molecule has 0 aromatic heterocycles. The molecule has 4 nitrogen and oxygen atoms in total. The van der Waals surface area contributed by atoms with Gasteiger partial charge in [0, 0.05) is 0 Å². The van der Waals surface area contributed by atoms with Gasteiger partial charge in [-0.05, 0) is 42.7 Å². The fraction of sp³-hybridized carbons (Fsp3) is 0.357. The Bertz CT molecular complexity index is 512. The van der Waals surface area contributed by atoms with Crippen LogP contribution in [-0.2, 0) is 11.2 Å². The van der Waals surface area contributed by atoms with E-state index in [2.05, 4.69) is 6.58 Å². The summed E-state index contributed by atoms with van der Waals surface area (Å²) >= 11 is 0. The molecule has 0 bridgehead atoms. The third kappa shape index (κ3) is 1.49. The largest absolute Gasteiger partial charge is 0.497 e. The fourth-order valence-electron chi connectivity index (χ4n) is 2.74. The number of carbonyl (C=O) groups excluding carboxylic acids is 1. The molecule has 4 heteroatoms. The van der Waals surface area contributed by atoms with Gasteiger partial charge in [-0.25, -0.2) is 4.79 Å². The van der Waals surface area contributed by atoms with E-state index in [4.69, 9.17) is 9.47 Å². The van der Waals surface area contributed by atoms with Crippen molar-refractivity contribution in [3.63, 3.8) is 0 Å². The summed E-state index contributed by atoms with van der Waals surface area (Å²) in [5.74, 6) is 0.819. The molecule has 2 aliphatic heterocycles. The number of hydrogen-bond acceptors (Lipinski definition) is 3. The van der Waals surface area contributed by atoms with E-state index in [1.807, 2.05) is 18.2 Å². The first-order chi connectivity index (χ1) is 8.74. The second-order valence-electron chi connectivity index (χ2n) is 4.55. The molecule has 2 atom stereocenters. The molecular weight excluding hydrogens is 230 g/mol. The predicted molar refractivity (Wildman–Crippen MR) is 68.0 cm³/mol. The summed E-state index contributed by atoms with van der Waals surface area (Å²) in [6, 6.07) is 5.86. The molecule has 0 aliphatic carbocycles. The highest BCUT2D eigenvalue weighted by Gasteiger charge is 2.43. The van der Waals surface area contributed by atoms with Crippen LogP contribution < -0.4 is 9.64 Å². The van der Waals surface area contributed by atoms with E-state index in [1.165, 1.54) is 0 Å². The van der Waals surface area contributed by atoms with Crippen LogP contribution in [0, 0.1) is 0 Å². The number of carbonyl (C=O) groups is 1. The molecule has 1 aromatic carbocycles. The molecule has 3 rings (SSSR count). The maximum absolute atomic E-state index is 11.9. The van der Waals surface area contributed by atoms with Crippen LogP contribution in [0.1, 0.15) is 12.0 Å². The smallest absolute Gasteiger partial charge is 0.415 e. The van der Waals surface area contributed by atoms with Gasteiger partial charge in [0.15, 0.2) is 0 Å². The SMILES string of the molecule is C=CC1OC(=O)N2c3ccc(OC)cc3CCC12. The Morgan fingerprint density at radius 1 is 1.56 bits per heavy atom. The van der Waals surface area contributed by atoms with E-state index in [0.717, 1.165) is 29.8 Å². The normalized spacial score (nSPS) is 25.2. The maximum Gasteiger partial charge on any atom is 0.415 e. The number of amides is 1. The zero-order chi connectivity index (χ0) is 12.7. The van der Waals surface area contributed by atoms with Gasteiger partial charge >= 0.3 is 6.09 Å². The Labute approximate surface area is 106 Å². The number of cyclic esters (lactones) is 1. The molecular formula is C14H15NO3. The van der Waals surface area contributed by atoms with Crippen molar-refractivity contribution in [3.05, 3.63) is 36.4 Å². The molecule has 2 unspecified atom stereocenters. The van der Waals surface area contributed by atoms with Crippen molar-refractivity contribution in [2.45, 2.75) is 25.0 Å². The lowest BCUT2D eigenvalue weighted by molar-refractivity contribution is 0.153. The van der Waals surface area contributed by atoms with Crippen molar-refractivity contribution in [3.8, 4) is 5.75 Å². The molecule has 1 saturated heterocycles. The lowest BCUT2D eigenvalue weighted by Crippen LogP contribution is -2.39. The van der Waals surface area contributed by atoms with E-state index in [9.17, 15) is 4.79 Å². The van der Waals surface area contributed by atoms with Gasteiger partial charge in [-0.3, -0.25) is 4.90 Å². The molecule has 94 valence electrons. The number of methoxy groups -OCH3 is 1. The van der Waals surface area contributed by atoms with Gasteiger partial charge in [-0.1, -0.05) is 6.58 Å². The van der Waals surface area contributed by atoms with Crippen LogP contribution in [0.4, 0.5) is 10.5 Å². The summed E-state index contributed by atoms with van der Waals surface area (Å²) in [5, 5.41) is 0. The number of rotatable bonds is 2. The van der Waals surface area contributed by atoms with Crippen molar-refractivity contribution in [1.29, 1.82) is 0 Å². The minimum absolute atomic E-state index is 0.0795. The number of anilines is 1. The molecule has 0 N–H and O–H groups in total. The van der Waals surface area contributed by atoms with Gasteiger partial charge in [0.2, 0.25) is 0 Å². The second-order valence-corrected chi connectivity index (χ2v) is 4.55. The number of ether oxygens (including phenoxy) is 2. The second kappa shape index (κ2) is 4.05. The fourth-order valence-corrected chi connectivity index (χ4v) is 2.74. The van der Waals surface area contributed by atoms with Crippen LogP contribution in [0.3, 0.4) is 0 Å². The molecule has 1 amide bonds. The van der Waals surface area contributed by atoms with Gasteiger partial charge in [0.25, 0.3) is 0 Å². The molecule has 1 fully saturated rings. The van der Waals surface area contributed by atoms with E-state index < -0.39 is 0 Å². The third-order valence-corrected chi connectivity index (χ3v) is 3.63. The average molecular weight is 245 g/mol. The Morgan fingerprint density at radius 3 is 3.11 bits per heavy atom. The first-order valence-corrected chi connectivity index (χ1v) is 6.04. The van der Waals surface area contributed by atoms with Crippen molar-refractivity contribution in [2.24, 2.45) is 0 Å². The summed E-state index contributed by atoms with van der Waals surface area (Å²) in [6.07, 6.45) is 3.04. The number of fused-ring (bicyclic) bond motifs is 3. The minimum atomic E-state index is -0.281. The number of hydrogen-bond donors (Lipinski definition) is 0. The van der Waals surface area contributed by atoms with Crippen LogP contribution in [0.5, 0.6) is 5.75 Å². The quantitative estimate of drug-likeness (QED) is 0.751. The van der Waals surface area contributed by atoms with E-state index in [1.54, 1.807) is 18.1 Å². The molecule has 0 radical (unpaired) electrons. The average Bonchev–Trinajstić information content (AvgIpc) is 2.75. The van der Waals surface area contributed by atoms with Crippen molar-refractivity contribution >= 4 is 11.8 Å². The lowest BCUT2D eigenvalue weighted by atomic mass is 9.93. The zero-order valence-corrected chi connectivity index (χ0v) is 10.3. The Hall–Kier alpha value is -1.97. The monoisotopic (exact) mass is 245 g/mol. The van der Waals surface area contributed by atoms with E-state index in [-0.39, 0.29) is 18.2 Å². The van der Waals surface area contributed by atoms with Crippen molar-refractivity contribution in [2.75, 3.05) is 12.0 Å². The van der Waals surface area contributed by atoms with Gasteiger partial charge in [-0.15, -0.1) is 0 Å². The van der Waals surface area contributed by atoms with Crippen LogP contribution in [0.2, 0.25) is 0 Å². The number of benzene rings is 1. The summed E-state index contributed by atoms with van der Waals surface area (Å²) in [4.78, 5) is 13.7. The standard InChI is InChI=1S/C14H15NO3/c1-3-13-12-6-4-9-8-10(17-2)5-7-11(9)15(12)14(16)18-13/h3,5,7-8,12-13H,1,4,6H2,2H3. The molecule has 2 aliphatic rings. The van der Waals surface area contributed by atoms with E-state index >= 15 is 0 Å². The van der Waals surface area contributed by atoms with Crippen molar-refractivity contribution < 1.29 is 14.3 Å². The van der Waals surface area contributed by atoms with Crippen LogP contribution in [0.25, 0.3) is 0 Å². The Balaban J connectivity index is 2.03. The minimum Gasteiger partial charge on any atom is -0.497 e. The predicted octanol–water partition coefficient (Wildman–Crippen LogP) is 2.52. The molecule has 18 heavy (non-hydrogen) atoms. The van der Waals surface area contributed by atoms with Gasteiger partial charge in [0.1, 0.15) is 11.9 Å². The molecule has 1 aromatic rings. The van der Waals surface area contributed by atoms with Gasteiger partial charge < -0.3 is 9.47 Å². The first-order valence-electron chi connectivity index (χ1n) is 6.04. The maximum atomic E-state index is 11.9. The zero-order valence-electron chi connectivity index (χ0n) is 10.3. The number of nitrogens with zero attached hydrogens (tertiary/aromatic N) is 1. The Kier molecular flexibility index (Phi) is 2.51. The highest BCUT2D eigenvalue weighted by molar-refractivity contribution is 5.92. The van der Waals surface area contributed by atoms with Crippen LogP contribution in [-0.4, -0.2) is 25.3 Å². The van der Waals surface area contributed by atoms with Crippen LogP contribution in [0.15, 0.2) is 30.9 Å². The Morgan fingerprint density at radius 2 is 2.39 bits per heavy atom. The summed E-state index contributed by atoms with van der Waals surface area (Å²) < 4.78 is 10.5. The summed E-state index contributed by atoms with van der Waals surface area (Å²) in [7, 11) is 1.64. The highest BCUT2D eigenvalue weighted by atomic mass is 16.6. The van der Waals surface area contributed by atoms with E-state index in [0.29, 0.717) is 0 Å². The lowest BCUT2D eigenvalue weighted by Gasteiger charge is -2.30. The third-order valence-electron chi connectivity index (χ3n) is 3.63. The van der Waals surface area contributed by atoms with Crippen molar-refractivity contribution in [1.82, 2.24) is 0 Å². The molecule has 0 saturated carbocycles. The topological polar surface area (TPSA) is 38.8 Å².